The maximum absolute atomic E-state index is 13.3. The second-order valence-electron chi connectivity index (χ2n) is 4.84. The second-order valence-corrected chi connectivity index (χ2v) is 4.84. The van der Waals surface area contributed by atoms with Crippen molar-refractivity contribution in [1.29, 1.82) is 0 Å². The van der Waals surface area contributed by atoms with Gasteiger partial charge in [0.15, 0.2) is 0 Å². The highest BCUT2D eigenvalue weighted by atomic mass is 19.1. The zero-order chi connectivity index (χ0) is 11.7. The average molecular weight is 228 g/mol. The van der Waals surface area contributed by atoms with Gasteiger partial charge in [-0.05, 0) is 37.5 Å². The Morgan fingerprint density at radius 2 is 2.12 bits per heavy atom. The van der Waals surface area contributed by atoms with Crippen LogP contribution < -0.4 is 0 Å². The van der Waals surface area contributed by atoms with E-state index in [1.165, 1.54) is 7.11 Å². The minimum Gasteiger partial charge on any atom is -0.468 e. The Morgan fingerprint density at radius 3 is 2.81 bits per heavy atom. The van der Waals surface area contributed by atoms with E-state index in [-0.39, 0.29) is 17.6 Å². The van der Waals surface area contributed by atoms with E-state index in [0.717, 1.165) is 6.42 Å². The van der Waals surface area contributed by atoms with Gasteiger partial charge in [0, 0.05) is 6.42 Å². The molecule has 2 fully saturated rings. The van der Waals surface area contributed by atoms with Crippen LogP contribution in [-0.4, -0.2) is 25.0 Å². The number of hydrogen-bond donors (Lipinski definition) is 0. The molecule has 4 atom stereocenters. The lowest BCUT2D eigenvalue weighted by molar-refractivity contribution is -0.156. The molecule has 0 amide bonds. The van der Waals surface area contributed by atoms with Crippen LogP contribution in [0.3, 0.4) is 0 Å². The molecule has 2 saturated carbocycles. The number of methoxy groups -OCH3 is 1. The van der Waals surface area contributed by atoms with E-state index in [1.54, 1.807) is 0 Å². The van der Waals surface area contributed by atoms with Gasteiger partial charge in [-0.1, -0.05) is 0 Å². The molecule has 2 aliphatic carbocycles. The van der Waals surface area contributed by atoms with Crippen LogP contribution in [0.15, 0.2) is 0 Å². The van der Waals surface area contributed by atoms with Crippen LogP contribution in [-0.2, 0) is 14.3 Å². The highest BCUT2D eigenvalue weighted by Crippen LogP contribution is 2.43. The monoisotopic (exact) mass is 228 g/mol. The molecule has 0 radical (unpaired) electrons. The summed E-state index contributed by atoms with van der Waals surface area (Å²) >= 11 is 0. The van der Waals surface area contributed by atoms with Crippen LogP contribution in [0.2, 0.25) is 0 Å². The van der Waals surface area contributed by atoms with Crippen molar-refractivity contribution in [3.8, 4) is 0 Å². The van der Waals surface area contributed by atoms with Crippen molar-refractivity contribution in [3.63, 3.8) is 0 Å². The summed E-state index contributed by atoms with van der Waals surface area (Å²) in [4.78, 5) is 23.3. The maximum Gasteiger partial charge on any atom is 0.316 e. The normalized spacial score (nSPS) is 39.0. The summed E-state index contributed by atoms with van der Waals surface area (Å²) in [6.07, 6.45) is 1.99. The molecule has 0 aliphatic heterocycles. The number of halogens is 1. The van der Waals surface area contributed by atoms with Crippen molar-refractivity contribution in [1.82, 2.24) is 0 Å². The third-order valence-electron chi connectivity index (χ3n) is 3.97. The first kappa shape index (κ1) is 11.6. The van der Waals surface area contributed by atoms with E-state index in [0.29, 0.717) is 25.7 Å². The Morgan fingerprint density at radius 1 is 1.38 bits per heavy atom. The third-order valence-corrected chi connectivity index (χ3v) is 3.97. The van der Waals surface area contributed by atoms with Gasteiger partial charge < -0.3 is 4.74 Å². The first-order valence-corrected chi connectivity index (χ1v) is 5.88. The quantitative estimate of drug-likeness (QED) is 0.508. The number of ether oxygens (including phenoxy) is 1. The van der Waals surface area contributed by atoms with Gasteiger partial charge in [-0.15, -0.1) is 0 Å². The molecule has 4 unspecified atom stereocenters. The summed E-state index contributed by atoms with van der Waals surface area (Å²) in [6.45, 7) is 0. The zero-order valence-corrected chi connectivity index (χ0v) is 9.45. The van der Waals surface area contributed by atoms with Gasteiger partial charge in [-0.3, -0.25) is 9.59 Å². The molecule has 0 spiro atoms. The molecule has 2 aliphatic rings. The van der Waals surface area contributed by atoms with E-state index < -0.39 is 18.1 Å². The molecule has 0 heterocycles. The van der Waals surface area contributed by atoms with Crippen molar-refractivity contribution < 1.29 is 18.7 Å². The van der Waals surface area contributed by atoms with Gasteiger partial charge in [0.05, 0.1) is 7.11 Å². The Hall–Kier alpha value is -0.930. The van der Waals surface area contributed by atoms with Crippen LogP contribution in [0.25, 0.3) is 0 Å². The number of carbonyl (C=O) groups is 2. The van der Waals surface area contributed by atoms with Crippen molar-refractivity contribution >= 4 is 11.8 Å². The molecular formula is C12H17FO3. The minimum atomic E-state index is -0.757. The largest absolute Gasteiger partial charge is 0.468 e. The fourth-order valence-electron chi connectivity index (χ4n) is 3.16. The Labute approximate surface area is 94.3 Å². The predicted molar refractivity (Wildman–Crippen MR) is 55.5 cm³/mol. The van der Waals surface area contributed by atoms with Gasteiger partial charge in [-0.2, -0.15) is 0 Å². The number of ketones is 1. The van der Waals surface area contributed by atoms with E-state index in [4.69, 9.17) is 0 Å². The van der Waals surface area contributed by atoms with E-state index in [2.05, 4.69) is 4.74 Å². The van der Waals surface area contributed by atoms with Crippen LogP contribution >= 0.6 is 0 Å². The summed E-state index contributed by atoms with van der Waals surface area (Å²) in [5, 5.41) is 0. The van der Waals surface area contributed by atoms with Gasteiger partial charge in [0.25, 0.3) is 0 Å². The SMILES string of the molecule is COC(=O)C1C(=O)CCC2CC(F)CCC21. The third kappa shape index (κ3) is 1.97. The van der Waals surface area contributed by atoms with Crippen LogP contribution in [0, 0.1) is 17.8 Å². The van der Waals surface area contributed by atoms with Gasteiger partial charge in [0.1, 0.15) is 17.9 Å². The highest BCUT2D eigenvalue weighted by Gasteiger charge is 2.45. The molecule has 3 nitrogen and oxygen atoms in total. The lowest BCUT2D eigenvalue weighted by atomic mass is 9.64. The molecule has 2 rings (SSSR count). The van der Waals surface area contributed by atoms with Crippen molar-refractivity contribution in [2.75, 3.05) is 7.11 Å². The van der Waals surface area contributed by atoms with Gasteiger partial charge in [0.2, 0.25) is 0 Å². The van der Waals surface area contributed by atoms with E-state index >= 15 is 0 Å². The number of Topliss-reactive ketones (excluding diaryl/α,β-unsaturated/α-hetero) is 1. The molecule has 0 aromatic heterocycles. The summed E-state index contributed by atoms with van der Waals surface area (Å²) in [5.74, 6) is -0.884. The number of fused-ring (bicyclic) bond motifs is 1. The van der Waals surface area contributed by atoms with Crippen molar-refractivity contribution in [2.24, 2.45) is 17.8 Å². The van der Waals surface area contributed by atoms with Crippen LogP contribution in [0.1, 0.15) is 32.1 Å². The molecule has 0 N–H and O–H groups in total. The molecule has 0 aromatic rings. The van der Waals surface area contributed by atoms with E-state index in [9.17, 15) is 14.0 Å². The minimum absolute atomic E-state index is 0.0145. The average Bonchev–Trinajstić information content (AvgIpc) is 2.28. The molecule has 16 heavy (non-hydrogen) atoms. The maximum atomic E-state index is 13.3. The van der Waals surface area contributed by atoms with Gasteiger partial charge in [-0.25, -0.2) is 4.39 Å². The molecule has 0 saturated heterocycles. The lowest BCUT2D eigenvalue weighted by Gasteiger charge is -2.40. The first-order chi connectivity index (χ1) is 7.63. The molecule has 4 heteroatoms. The topological polar surface area (TPSA) is 43.4 Å². The van der Waals surface area contributed by atoms with Crippen LogP contribution in [0.4, 0.5) is 4.39 Å². The molecular weight excluding hydrogens is 211 g/mol. The number of rotatable bonds is 1. The number of carbonyl (C=O) groups excluding carboxylic acids is 2. The van der Waals surface area contributed by atoms with E-state index in [1.807, 2.05) is 0 Å². The summed E-state index contributed by atoms with van der Waals surface area (Å²) in [7, 11) is 1.31. The lowest BCUT2D eigenvalue weighted by Crippen LogP contribution is -2.43. The van der Waals surface area contributed by atoms with Crippen molar-refractivity contribution in [3.05, 3.63) is 0 Å². The summed E-state index contributed by atoms with van der Waals surface area (Å²) < 4.78 is 17.9. The Kier molecular flexibility index (Phi) is 3.26. The smallest absolute Gasteiger partial charge is 0.316 e. The Balaban J connectivity index is 2.15. The van der Waals surface area contributed by atoms with Gasteiger partial charge >= 0.3 is 5.97 Å². The van der Waals surface area contributed by atoms with Crippen LogP contribution in [0.5, 0.6) is 0 Å². The first-order valence-electron chi connectivity index (χ1n) is 5.88. The number of hydrogen-bond acceptors (Lipinski definition) is 3. The number of alkyl halides is 1. The summed E-state index contributed by atoms with van der Waals surface area (Å²) in [5.41, 5.74) is 0. The zero-order valence-electron chi connectivity index (χ0n) is 9.45. The fourth-order valence-corrected chi connectivity index (χ4v) is 3.16. The summed E-state index contributed by atoms with van der Waals surface area (Å²) in [6, 6.07) is 0. The molecule has 0 aromatic carbocycles. The molecule has 0 bridgehead atoms. The predicted octanol–water partition coefficient (Wildman–Crippen LogP) is 1.89. The highest BCUT2D eigenvalue weighted by molar-refractivity contribution is 5.99. The molecule has 90 valence electrons. The van der Waals surface area contributed by atoms with Crippen molar-refractivity contribution in [2.45, 2.75) is 38.3 Å². The fraction of sp³-hybridized carbons (Fsp3) is 0.833. The Bertz CT molecular complexity index is 295. The standard InChI is InChI=1S/C12H17FO3/c1-16-12(15)11-9-4-3-8(13)6-7(9)2-5-10(11)14/h7-9,11H,2-6H2,1H3. The second kappa shape index (κ2) is 4.52. The number of esters is 1.